The van der Waals surface area contributed by atoms with Gasteiger partial charge >= 0.3 is 11.9 Å². The number of hydrogen-bond donors (Lipinski definition) is 1. The van der Waals surface area contributed by atoms with Crippen LogP contribution < -0.4 is 9.47 Å². The number of aromatic carboxylic acids is 1. The number of unbranched alkanes of at least 4 members (excludes halogenated alkanes) is 4. The van der Waals surface area contributed by atoms with Gasteiger partial charge in [0.2, 0.25) is 0 Å². The predicted molar refractivity (Wildman–Crippen MR) is 107 cm³/mol. The first-order chi connectivity index (χ1) is 13.0. The maximum absolute atomic E-state index is 12.3. The Hall–Kier alpha value is -2.34. The lowest BCUT2D eigenvalue weighted by Crippen LogP contribution is -2.11. The Bertz CT molecular complexity index is 771. The van der Waals surface area contributed by atoms with Gasteiger partial charge in [-0.05, 0) is 48.9 Å². The third-order valence-electron chi connectivity index (χ3n) is 3.98. The fourth-order valence-electron chi connectivity index (χ4n) is 2.50. The number of esters is 1. The van der Waals surface area contributed by atoms with Crippen molar-refractivity contribution < 1.29 is 24.2 Å². The molecule has 0 spiro atoms. The molecule has 0 fully saturated rings. The van der Waals surface area contributed by atoms with E-state index in [0.717, 1.165) is 12.8 Å². The van der Waals surface area contributed by atoms with Crippen molar-refractivity contribution in [1.29, 1.82) is 0 Å². The molecule has 0 saturated carbocycles. The summed E-state index contributed by atoms with van der Waals surface area (Å²) in [4.78, 5) is 23.6. The zero-order valence-corrected chi connectivity index (χ0v) is 16.8. The SMILES string of the molecule is CCCCCCCOc1ccc(C(=O)Oc2ccc(Br)cc2C(=O)O)cc1. The maximum Gasteiger partial charge on any atom is 0.343 e. The molecule has 0 amide bonds. The van der Waals surface area contributed by atoms with Gasteiger partial charge in [0.1, 0.15) is 17.1 Å². The summed E-state index contributed by atoms with van der Waals surface area (Å²) in [6.45, 7) is 2.83. The first-order valence-electron chi connectivity index (χ1n) is 8.99. The molecule has 1 N–H and O–H groups in total. The van der Waals surface area contributed by atoms with Gasteiger partial charge < -0.3 is 14.6 Å². The summed E-state index contributed by atoms with van der Waals surface area (Å²) < 4.78 is 11.5. The van der Waals surface area contributed by atoms with Gasteiger partial charge in [-0.2, -0.15) is 0 Å². The van der Waals surface area contributed by atoms with Crippen LogP contribution in [0.25, 0.3) is 0 Å². The van der Waals surface area contributed by atoms with Crippen molar-refractivity contribution in [2.45, 2.75) is 39.0 Å². The molecule has 0 bridgehead atoms. The second-order valence-electron chi connectivity index (χ2n) is 6.12. The van der Waals surface area contributed by atoms with Crippen LogP contribution in [-0.4, -0.2) is 23.7 Å². The highest BCUT2D eigenvalue weighted by Crippen LogP contribution is 2.24. The first kappa shape index (κ1) is 21.0. The Kier molecular flexibility index (Phi) is 8.33. The highest BCUT2D eigenvalue weighted by Gasteiger charge is 2.16. The van der Waals surface area contributed by atoms with E-state index < -0.39 is 11.9 Å². The van der Waals surface area contributed by atoms with E-state index in [2.05, 4.69) is 22.9 Å². The van der Waals surface area contributed by atoms with Crippen LogP contribution in [0.1, 0.15) is 59.7 Å². The van der Waals surface area contributed by atoms with Crippen LogP contribution in [0.3, 0.4) is 0 Å². The average Bonchev–Trinajstić information content (AvgIpc) is 2.66. The van der Waals surface area contributed by atoms with E-state index in [4.69, 9.17) is 9.47 Å². The average molecular weight is 435 g/mol. The molecule has 0 heterocycles. The van der Waals surface area contributed by atoms with Gasteiger partial charge in [0, 0.05) is 4.47 Å². The molecule has 0 aliphatic carbocycles. The van der Waals surface area contributed by atoms with Crippen LogP contribution in [0, 0.1) is 0 Å². The summed E-state index contributed by atoms with van der Waals surface area (Å²) in [5, 5.41) is 9.23. The topological polar surface area (TPSA) is 72.8 Å². The van der Waals surface area contributed by atoms with Crippen molar-refractivity contribution in [2.24, 2.45) is 0 Å². The lowest BCUT2D eigenvalue weighted by Gasteiger charge is -2.09. The normalized spacial score (nSPS) is 10.4. The Balaban J connectivity index is 1.91. The largest absolute Gasteiger partial charge is 0.494 e. The van der Waals surface area contributed by atoms with E-state index in [1.54, 1.807) is 30.3 Å². The van der Waals surface area contributed by atoms with E-state index in [1.807, 2.05) is 0 Å². The zero-order chi connectivity index (χ0) is 19.6. The van der Waals surface area contributed by atoms with E-state index in [0.29, 0.717) is 22.4 Å². The molecular formula is C21H23BrO5. The number of carboxylic acids is 1. The second-order valence-corrected chi connectivity index (χ2v) is 7.04. The molecule has 0 aliphatic rings. The van der Waals surface area contributed by atoms with Crippen molar-refractivity contribution in [2.75, 3.05) is 6.61 Å². The number of hydrogen-bond acceptors (Lipinski definition) is 4. The van der Waals surface area contributed by atoms with Gasteiger partial charge in [-0.25, -0.2) is 9.59 Å². The maximum atomic E-state index is 12.3. The molecule has 0 atom stereocenters. The van der Waals surface area contributed by atoms with E-state index in [9.17, 15) is 14.7 Å². The molecule has 5 nitrogen and oxygen atoms in total. The van der Waals surface area contributed by atoms with Crippen molar-refractivity contribution in [3.8, 4) is 11.5 Å². The van der Waals surface area contributed by atoms with Gasteiger partial charge in [0.25, 0.3) is 0 Å². The highest BCUT2D eigenvalue weighted by molar-refractivity contribution is 9.10. The van der Waals surface area contributed by atoms with Gasteiger partial charge in [-0.3, -0.25) is 0 Å². The molecule has 0 saturated heterocycles. The lowest BCUT2D eigenvalue weighted by atomic mass is 10.2. The second kappa shape index (κ2) is 10.7. The fourth-order valence-corrected chi connectivity index (χ4v) is 2.86. The van der Waals surface area contributed by atoms with Gasteiger partial charge in [0.15, 0.2) is 0 Å². The van der Waals surface area contributed by atoms with Crippen LogP contribution >= 0.6 is 15.9 Å². The summed E-state index contributed by atoms with van der Waals surface area (Å²) in [7, 11) is 0. The van der Waals surface area contributed by atoms with Crippen LogP contribution in [-0.2, 0) is 0 Å². The molecule has 0 unspecified atom stereocenters. The minimum absolute atomic E-state index is 0.00288. The van der Waals surface area contributed by atoms with Crippen LogP contribution in [0.5, 0.6) is 11.5 Å². The summed E-state index contributed by atoms with van der Waals surface area (Å²) in [5.74, 6) is -1.09. The molecular weight excluding hydrogens is 412 g/mol. The number of halogens is 1. The van der Waals surface area contributed by atoms with E-state index >= 15 is 0 Å². The Morgan fingerprint density at radius 3 is 2.37 bits per heavy atom. The van der Waals surface area contributed by atoms with E-state index in [-0.39, 0.29) is 11.3 Å². The molecule has 0 aromatic heterocycles. The van der Waals surface area contributed by atoms with Crippen molar-refractivity contribution in [1.82, 2.24) is 0 Å². The van der Waals surface area contributed by atoms with Crippen molar-refractivity contribution in [3.05, 3.63) is 58.1 Å². The smallest absolute Gasteiger partial charge is 0.343 e. The number of carbonyl (C=O) groups is 2. The lowest BCUT2D eigenvalue weighted by molar-refractivity contribution is 0.0681. The first-order valence-corrected chi connectivity index (χ1v) is 9.78. The highest BCUT2D eigenvalue weighted by atomic mass is 79.9. The summed E-state index contributed by atoms with van der Waals surface area (Å²) >= 11 is 3.20. The summed E-state index contributed by atoms with van der Waals surface area (Å²) in [5.41, 5.74) is 0.241. The van der Waals surface area contributed by atoms with Crippen LogP contribution in [0.15, 0.2) is 46.9 Å². The minimum atomic E-state index is -1.17. The molecule has 144 valence electrons. The number of rotatable bonds is 10. The Morgan fingerprint density at radius 2 is 1.70 bits per heavy atom. The van der Waals surface area contributed by atoms with Gasteiger partial charge in [-0.1, -0.05) is 48.5 Å². The van der Waals surface area contributed by atoms with Crippen LogP contribution in [0.2, 0.25) is 0 Å². The Labute approximate surface area is 167 Å². The van der Waals surface area contributed by atoms with Gasteiger partial charge in [-0.15, -0.1) is 0 Å². The standard InChI is InChI=1S/C21H23BrO5/c1-2-3-4-5-6-13-26-17-10-7-15(8-11-17)21(25)27-19-12-9-16(22)14-18(19)20(23)24/h7-12,14H,2-6,13H2,1H3,(H,23,24). The van der Waals surface area contributed by atoms with Crippen molar-refractivity contribution >= 4 is 27.9 Å². The minimum Gasteiger partial charge on any atom is -0.494 e. The Morgan fingerprint density at radius 1 is 1.00 bits per heavy atom. The fraction of sp³-hybridized carbons (Fsp3) is 0.333. The molecule has 0 radical (unpaired) electrons. The number of ether oxygens (including phenoxy) is 2. The molecule has 2 rings (SSSR count). The number of carbonyl (C=O) groups excluding carboxylic acids is 1. The summed E-state index contributed by atoms with van der Waals surface area (Å²) in [6, 6.07) is 11.1. The van der Waals surface area contributed by atoms with Crippen molar-refractivity contribution in [3.63, 3.8) is 0 Å². The van der Waals surface area contributed by atoms with E-state index in [1.165, 1.54) is 31.4 Å². The summed E-state index contributed by atoms with van der Waals surface area (Å²) in [6.07, 6.45) is 5.84. The quantitative estimate of drug-likeness (QED) is 0.294. The molecule has 2 aromatic rings. The molecule has 2 aromatic carbocycles. The predicted octanol–water partition coefficient (Wildman–Crippen LogP) is 5.72. The number of benzene rings is 2. The third kappa shape index (κ3) is 6.71. The molecule has 6 heteroatoms. The van der Waals surface area contributed by atoms with Gasteiger partial charge in [0.05, 0.1) is 12.2 Å². The van der Waals surface area contributed by atoms with Crippen LogP contribution in [0.4, 0.5) is 0 Å². The monoisotopic (exact) mass is 434 g/mol. The molecule has 27 heavy (non-hydrogen) atoms. The number of carboxylic acid groups (broad SMARTS) is 1. The zero-order valence-electron chi connectivity index (χ0n) is 15.2. The molecule has 0 aliphatic heterocycles. The third-order valence-corrected chi connectivity index (χ3v) is 4.47.